The Labute approximate surface area is 109 Å². The first-order valence-corrected chi connectivity index (χ1v) is 5.14. The van der Waals surface area contributed by atoms with Gasteiger partial charge in [0.05, 0.1) is 15.1 Å². The summed E-state index contributed by atoms with van der Waals surface area (Å²) in [4.78, 5) is 10.1. The van der Waals surface area contributed by atoms with Gasteiger partial charge in [-0.3, -0.25) is 0 Å². The minimum atomic E-state index is -2.09. The second-order valence-corrected chi connectivity index (χ2v) is 4.13. The highest BCUT2D eigenvalue weighted by atomic mass is 35.5. The number of carbonyl (C=O) groups is 1. The van der Waals surface area contributed by atoms with Gasteiger partial charge in [-0.2, -0.15) is 0 Å². The van der Waals surface area contributed by atoms with Crippen molar-refractivity contribution < 1.29 is 13.9 Å². The van der Waals surface area contributed by atoms with Crippen molar-refractivity contribution in [1.82, 2.24) is 0 Å². The van der Waals surface area contributed by atoms with E-state index >= 15 is 0 Å². The van der Waals surface area contributed by atoms with E-state index < -0.39 is 12.0 Å². The molecule has 0 aliphatic carbocycles. The van der Waals surface area contributed by atoms with E-state index in [2.05, 4.69) is 4.74 Å². The van der Waals surface area contributed by atoms with Crippen LogP contribution in [0.25, 0.3) is 0 Å². The van der Waals surface area contributed by atoms with Crippen LogP contribution in [0, 0.1) is 0 Å². The largest absolute Gasteiger partial charge is 0.501 e. The molecule has 0 saturated carbocycles. The van der Waals surface area contributed by atoms with E-state index in [1.165, 1.54) is 0 Å². The van der Waals surface area contributed by atoms with Gasteiger partial charge in [0.25, 0.3) is 0 Å². The van der Waals surface area contributed by atoms with Crippen molar-refractivity contribution >= 4 is 64.2 Å². The Morgan fingerprint density at radius 3 is 1.53 bits per heavy atom. The van der Waals surface area contributed by atoms with Gasteiger partial charge >= 0.3 is 6.22 Å². The molecule has 0 aliphatic rings. The van der Waals surface area contributed by atoms with Gasteiger partial charge in [0.2, 0.25) is 0 Å². The molecule has 0 fully saturated rings. The highest BCUT2D eigenvalue weighted by Gasteiger charge is 2.22. The van der Waals surface area contributed by atoms with Gasteiger partial charge in [-0.05, 0) is 0 Å². The van der Waals surface area contributed by atoms with E-state index in [-0.39, 0.29) is 25.1 Å². The molecule has 0 aliphatic heterocycles. The van der Waals surface area contributed by atoms with Crippen LogP contribution < -0.4 is 4.74 Å². The smallest absolute Gasteiger partial charge is 0.398 e. The molecule has 1 aromatic carbocycles. The summed E-state index contributed by atoms with van der Waals surface area (Å²) in [7, 11) is 0. The van der Waals surface area contributed by atoms with E-state index in [0.717, 1.165) is 0 Å². The number of benzene rings is 1. The lowest BCUT2D eigenvalue weighted by atomic mass is 10.3. The third-order valence-electron chi connectivity index (χ3n) is 1.35. The first-order valence-electron chi connectivity index (χ1n) is 3.25. The fourth-order valence-corrected chi connectivity index (χ4v) is 1.95. The predicted octanol–water partition coefficient (Wildman–Crippen LogP) is 5.42. The van der Waals surface area contributed by atoms with Crippen LogP contribution in [0.5, 0.6) is 5.75 Å². The average Bonchev–Trinajstić information content (AvgIpc) is 2.18. The minimum absolute atomic E-state index is 0.105. The van der Waals surface area contributed by atoms with Crippen molar-refractivity contribution in [3.05, 3.63) is 25.1 Å². The molecule has 1 aromatic rings. The van der Waals surface area contributed by atoms with Crippen molar-refractivity contribution in [2.24, 2.45) is 0 Å². The van der Waals surface area contributed by atoms with E-state index in [4.69, 9.17) is 58.0 Å². The Morgan fingerprint density at radius 2 is 1.20 bits per heavy atom. The van der Waals surface area contributed by atoms with Crippen LogP contribution in [0.4, 0.5) is 9.18 Å². The lowest BCUT2D eigenvalue weighted by Crippen LogP contribution is -1.99. The van der Waals surface area contributed by atoms with Gasteiger partial charge in [-0.25, -0.2) is 4.79 Å². The Morgan fingerprint density at radius 1 is 0.867 bits per heavy atom. The SMILES string of the molecule is O=C(F)Oc1c(Cl)c(Cl)c(Cl)c(Cl)c1Cl. The minimum Gasteiger partial charge on any atom is -0.398 e. The Hall–Kier alpha value is 0.0700. The number of ether oxygens (including phenoxy) is 1. The van der Waals surface area contributed by atoms with Gasteiger partial charge in [0.1, 0.15) is 10.0 Å². The van der Waals surface area contributed by atoms with Crippen molar-refractivity contribution in [3.8, 4) is 5.75 Å². The summed E-state index contributed by atoms with van der Waals surface area (Å²) < 4.78 is 16.1. The number of hydrogen-bond donors (Lipinski definition) is 0. The second-order valence-electron chi connectivity index (χ2n) is 2.24. The molecule has 0 atom stereocenters. The molecule has 0 heterocycles. The predicted molar refractivity (Wildman–Crippen MR) is 58.6 cm³/mol. The number of carbonyl (C=O) groups excluding carboxylic acids is 1. The van der Waals surface area contributed by atoms with E-state index in [1.807, 2.05) is 0 Å². The summed E-state index contributed by atoms with van der Waals surface area (Å²) in [6.07, 6.45) is -2.09. The molecule has 2 nitrogen and oxygen atoms in total. The topological polar surface area (TPSA) is 26.3 Å². The number of halogens is 6. The summed E-state index contributed by atoms with van der Waals surface area (Å²) in [5.41, 5.74) is 0. The van der Waals surface area contributed by atoms with Gasteiger partial charge in [-0.1, -0.05) is 58.0 Å². The van der Waals surface area contributed by atoms with Crippen LogP contribution in [0.3, 0.4) is 0 Å². The molecule has 0 saturated heterocycles. The highest BCUT2D eigenvalue weighted by molar-refractivity contribution is 6.55. The van der Waals surface area contributed by atoms with E-state index in [0.29, 0.717) is 0 Å². The lowest BCUT2D eigenvalue weighted by Gasteiger charge is -2.09. The zero-order valence-corrected chi connectivity index (χ0v) is 10.4. The molecule has 15 heavy (non-hydrogen) atoms. The normalized spacial score (nSPS) is 10.3. The van der Waals surface area contributed by atoms with Crippen molar-refractivity contribution in [1.29, 1.82) is 0 Å². The monoisotopic (exact) mass is 310 g/mol. The van der Waals surface area contributed by atoms with Crippen LogP contribution in [-0.4, -0.2) is 6.22 Å². The summed E-state index contributed by atoms with van der Waals surface area (Å²) in [6, 6.07) is 0. The lowest BCUT2D eigenvalue weighted by molar-refractivity contribution is 0.176. The molecular formula is C7Cl5FO2. The molecule has 0 N–H and O–H groups in total. The van der Waals surface area contributed by atoms with Gasteiger partial charge in [0.15, 0.2) is 5.75 Å². The third kappa shape index (κ3) is 2.60. The third-order valence-corrected chi connectivity index (χ3v) is 3.59. The van der Waals surface area contributed by atoms with Crippen molar-refractivity contribution in [2.75, 3.05) is 0 Å². The molecule has 0 unspecified atom stereocenters. The molecule has 0 aromatic heterocycles. The zero-order chi connectivity index (χ0) is 11.7. The maximum atomic E-state index is 12.0. The van der Waals surface area contributed by atoms with E-state index in [1.54, 1.807) is 0 Å². The Kier molecular flexibility index (Phi) is 4.32. The quantitative estimate of drug-likeness (QED) is 0.393. The maximum absolute atomic E-state index is 12.0. The maximum Gasteiger partial charge on any atom is 0.501 e. The fourth-order valence-electron chi connectivity index (χ4n) is 0.755. The van der Waals surface area contributed by atoms with Gasteiger partial charge in [-0.15, -0.1) is 4.39 Å². The van der Waals surface area contributed by atoms with Crippen LogP contribution in [0.1, 0.15) is 0 Å². The number of hydrogen-bond acceptors (Lipinski definition) is 2. The Bertz CT molecular complexity index is 405. The number of rotatable bonds is 1. The second kappa shape index (κ2) is 4.93. The Balaban J connectivity index is 3.45. The summed E-state index contributed by atoms with van der Waals surface area (Å²) in [6.45, 7) is 0. The van der Waals surface area contributed by atoms with Crippen LogP contribution >= 0.6 is 58.0 Å². The molecule has 0 bridgehead atoms. The van der Waals surface area contributed by atoms with Crippen molar-refractivity contribution in [2.45, 2.75) is 0 Å². The fraction of sp³-hybridized carbons (Fsp3) is 0. The molecule has 0 radical (unpaired) electrons. The molecule has 0 amide bonds. The van der Waals surface area contributed by atoms with Crippen molar-refractivity contribution in [3.63, 3.8) is 0 Å². The molecule has 82 valence electrons. The van der Waals surface area contributed by atoms with Crippen LogP contribution in [0.2, 0.25) is 25.1 Å². The first-order chi connectivity index (χ1) is 6.86. The molecule has 1 rings (SSSR count). The van der Waals surface area contributed by atoms with E-state index in [9.17, 15) is 9.18 Å². The molecule has 0 spiro atoms. The zero-order valence-electron chi connectivity index (χ0n) is 6.58. The van der Waals surface area contributed by atoms with Gasteiger partial charge in [0, 0.05) is 0 Å². The van der Waals surface area contributed by atoms with Gasteiger partial charge < -0.3 is 4.74 Å². The summed E-state index contributed by atoms with van der Waals surface area (Å²) in [5.74, 6) is -0.467. The average molecular weight is 312 g/mol. The summed E-state index contributed by atoms with van der Waals surface area (Å²) in [5, 5.41) is -1.04. The van der Waals surface area contributed by atoms with Crippen LogP contribution in [0.15, 0.2) is 0 Å². The highest BCUT2D eigenvalue weighted by Crippen LogP contribution is 2.48. The van der Waals surface area contributed by atoms with Crippen LogP contribution in [-0.2, 0) is 0 Å². The standard InChI is InChI=1S/C7Cl5FO2/c8-1-2(9)4(11)6(15-7(13)14)5(12)3(1)10. The first kappa shape index (κ1) is 13.1. The molecular weight excluding hydrogens is 312 g/mol. The summed E-state index contributed by atoms with van der Waals surface area (Å²) >= 11 is 28.1. The molecule has 8 heteroatoms.